The number of hydrogen-bond donors (Lipinski definition) is 0. The van der Waals surface area contributed by atoms with Crippen LogP contribution >= 0.6 is 11.6 Å². The van der Waals surface area contributed by atoms with Crippen molar-refractivity contribution < 1.29 is 4.79 Å². The van der Waals surface area contributed by atoms with Crippen molar-refractivity contribution in [3.63, 3.8) is 0 Å². The molecular weight excluding hydrogens is 444 g/mol. The van der Waals surface area contributed by atoms with Crippen LogP contribution in [0, 0.1) is 0 Å². The van der Waals surface area contributed by atoms with Crippen molar-refractivity contribution in [2.45, 2.75) is 25.8 Å². The summed E-state index contributed by atoms with van der Waals surface area (Å²) in [7, 11) is 0. The number of imidazole rings is 1. The maximum atomic E-state index is 12.8. The van der Waals surface area contributed by atoms with Crippen molar-refractivity contribution in [2.24, 2.45) is 0 Å². The molecule has 2 heterocycles. The van der Waals surface area contributed by atoms with Crippen molar-refractivity contribution in [3.05, 3.63) is 102 Å². The van der Waals surface area contributed by atoms with E-state index < -0.39 is 0 Å². The highest BCUT2D eigenvalue weighted by molar-refractivity contribution is 6.30. The standard InChI is InChI=1S/C28H23ClN4O/c29-23-12-9-21(10-13-23)28-27(20-6-2-1-3-7-20)32-25-18-22(11-14-24(25)31-28)26(34)8-4-5-16-33-17-15-30-19-33/h1-3,6-7,9-15,17-19H,4-5,8,16H2. The molecule has 5 aromatic rings. The van der Waals surface area contributed by atoms with Crippen LogP contribution in [-0.4, -0.2) is 25.3 Å². The Morgan fingerprint density at radius 3 is 2.29 bits per heavy atom. The fourth-order valence-corrected chi connectivity index (χ4v) is 4.10. The van der Waals surface area contributed by atoms with E-state index in [1.807, 2.05) is 83.6 Å². The van der Waals surface area contributed by atoms with Gasteiger partial charge in [-0.05, 0) is 43.2 Å². The third-order valence-corrected chi connectivity index (χ3v) is 6.03. The number of halogens is 1. The molecule has 168 valence electrons. The molecule has 0 saturated carbocycles. The molecule has 0 radical (unpaired) electrons. The van der Waals surface area contributed by atoms with Crippen LogP contribution in [-0.2, 0) is 6.54 Å². The highest BCUT2D eigenvalue weighted by Crippen LogP contribution is 2.32. The van der Waals surface area contributed by atoms with Gasteiger partial charge >= 0.3 is 0 Å². The van der Waals surface area contributed by atoms with E-state index in [0.29, 0.717) is 22.5 Å². The predicted octanol–water partition coefficient (Wildman–Crippen LogP) is 6.87. The van der Waals surface area contributed by atoms with E-state index in [1.54, 1.807) is 12.5 Å². The summed E-state index contributed by atoms with van der Waals surface area (Å²) >= 11 is 6.10. The fraction of sp³-hybridized carbons (Fsp3) is 0.143. The molecule has 0 atom stereocenters. The van der Waals surface area contributed by atoms with Gasteiger partial charge in [0, 0.05) is 47.1 Å². The van der Waals surface area contributed by atoms with Gasteiger partial charge in [0.2, 0.25) is 0 Å². The Hall–Kier alpha value is -3.83. The third-order valence-electron chi connectivity index (χ3n) is 5.78. The Labute approximate surface area is 203 Å². The molecule has 0 fully saturated rings. The maximum absolute atomic E-state index is 12.8. The number of nitrogens with zero attached hydrogens (tertiary/aromatic N) is 4. The zero-order valence-electron chi connectivity index (χ0n) is 18.6. The molecule has 0 saturated heterocycles. The Morgan fingerprint density at radius 2 is 1.56 bits per heavy atom. The van der Waals surface area contributed by atoms with E-state index >= 15 is 0 Å². The van der Waals surface area contributed by atoms with Crippen LogP contribution in [0.5, 0.6) is 0 Å². The van der Waals surface area contributed by atoms with E-state index in [9.17, 15) is 4.79 Å². The molecule has 5 nitrogen and oxygen atoms in total. The van der Waals surface area contributed by atoms with Crippen molar-refractivity contribution in [1.82, 2.24) is 19.5 Å². The van der Waals surface area contributed by atoms with Crippen molar-refractivity contribution in [2.75, 3.05) is 0 Å². The first kappa shape index (κ1) is 22.0. The molecule has 3 aromatic carbocycles. The van der Waals surface area contributed by atoms with E-state index in [2.05, 4.69) is 4.98 Å². The summed E-state index contributed by atoms with van der Waals surface area (Å²) in [5, 5.41) is 0.673. The smallest absolute Gasteiger partial charge is 0.162 e. The number of unbranched alkanes of at least 4 members (excludes halogenated alkanes) is 1. The lowest BCUT2D eigenvalue weighted by molar-refractivity contribution is 0.0979. The Bertz CT molecular complexity index is 1410. The average molecular weight is 467 g/mol. The second-order valence-electron chi connectivity index (χ2n) is 8.18. The molecule has 0 unspecified atom stereocenters. The van der Waals surface area contributed by atoms with Gasteiger partial charge in [-0.25, -0.2) is 15.0 Å². The first-order chi connectivity index (χ1) is 16.7. The highest BCUT2D eigenvalue weighted by Gasteiger charge is 2.15. The second kappa shape index (κ2) is 9.98. The Balaban J connectivity index is 1.44. The van der Waals surface area contributed by atoms with Crippen LogP contribution in [0.1, 0.15) is 29.6 Å². The third kappa shape index (κ3) is 4.90. The average Bonchev–Trinajstić information content (AvgIpc) is 3.40. The summed E-state index contributed by atoms with van der Waals surface area (Å²) in [6, 6.07) is 23.2. The first-order valence-electron chi connectivity index (χ1n) is 11.3. The number of aryl methyl sites for hydroxylation is 1. The largest absolute Gasteiger partial charge is 0.337 e. The molecule has 0 aliphatic heterocycles. The minimum atomic E-state index is 0.123. The van der Waals surface area contributed by atoms with E-state index in [4.69, 9.17) is 21.6 Å². The molecule has 0 amide bonds. The predicted molar refractivity (Wildman–Crippen MR) is 136 cm³/mol. The van der Waals surface area contributed by atoms with E-state index in [-0.39, 0.29) is 5.78 Å². The van der Waals surface area contributed by atoms with Crippen LogP contribution in [0.25, 0.3) is 33.5 Å². The molecule has 0 aliphatic rings. The zero-order chi connectivity index (χ0) is 23.3. The first-order valence-corrected chi connectivity index (χ1v) is 11.7. The van der Waals surface area contributed by atoms with Crippen LogP contribution in [0.2, 0.25) is 5.02 Å². The lowest BCUT2D eigenvalue weighted by Gasteiger charge is -2.11. The Morgan fingerprint density at radius 1 is 0.824 bits per heavy atom. The van der Waals surface area contributed by atoms with Crippen LogP contribution in [0.3, 0.4) is 0 Å². The number of Topliss-reactive ketones (excluding diaryl/α,β-unsaturated/α-hetero) is 1. The number of rotatable bonds is 8. The molecule has 0 spiro atoms. The normalized spacial score (nSPS) is 11.1. The van der Waals surface area contributed by atoms with Crippen LogP contribution in [0.4, 0.5) is 0 Å². The highest BCUT2D eigenvalue weighted by atomic mass is 35.5. The summed E-state index contributed by atoms with van der Waals surface area (Å²) < 4.78 is 2.03. The lowest BCUT2D eigenvalue weighted by atomic mass is 10.0. The van der Waals surface area contributed by atoms with Crippen molar-refractivity contribution in [3.8, 4) is 22.5 Å². The monoisotopic (exact) mass is 466 g/mol. The topological polar surface area (TPSA) is 60.7 Å². The van der Waals surface area contributed by atoms with Gasteiger partial charge in [0.15, 0.2) is 5.78 Å². The SMILES string of the molecule is O=C(CCCCn1ccnc1)c1ccc2nc(-c3ccc(Cl)cc3)c(-c3ccccc3)nc2c1. The van der Waals surface area contributed by atoms with E-state index in [0.717, 1.165) is 47.4 Å². The van der Waals surface area contributed by atoms with E-state index in [1.165, 1.54) is 0 Å². The maximum Gasteiger partial charge on any atom is 0.162 e. The zero-order valence-corrected chi connectivity index (χ0v) is 19.3. The number of carbonyl (C=O) groups excluding carboxylic acids is 1. The summed E-state index contributed by atoms with van der Waals surface area (Å²) in [6.07, 6.45) is 7.76. The van der Waals surface area contributed by atoms with Gasteiger partial charge < -0.3 is 4.57 Å². The number of hydrogen-bond acceptors (Lipinski definition) is 4. The fourth-order valence-electron chi connectivity index (χ4n) is 3.98. The number of carbonyl (C=O) groups is 1. The van der Waals surface area contributed by atoms with Gasteiger partial charge in [-0.2, -0.15) is 0 Å². The van der Waals surface area contributed by atoms with Gasteiger partial charge in [0.05, 0.1) is 28.7 Å². The van der Waals surface area contributed by atoms with Crippen LogP contribution in [0.15, 0.2) is 91.5 Å². The van der Waals surface area contributed by atoms with Crippen molar-refractivity contribution >= 4 is 28.4 Å². The summed E-state index contributed by atoms with van der Waals surface area (Å²) in [4.78, 5) is 26.8. The minimum Gasteiger partial charge on any atom is -0.337 e. The number of fused-ring (bicyclic) bond motifs is 1. The molecule has 34 heavy (non-hydrogen) atoms. The van der Waals surface area contributed by atoms with Gasteiger partial charge in [-0.1, -0.05) is 54.1 Å². The number of aromatic nitrogens is 4. The minimum absolute atomic E-state index is 0.123. The van der Waals surface area contributed by atoms with Gasteiger partial charge in [-0.15, -0.1) is 0 Å². The lowest BCUT2D eigenvalue weighted by Crippen LogP contribution is -2.02. The summed E-state index contributed by atoms with van der Waals surface area (Å²) in [5.74, 6) is 0.123. The molecular formula is C28H23ClN4O. The second-order valence-corrected chi connectivity index (χ2v) is 8.61. The molecule has 5 rings (SSSR count). The molecule has 0 aliphatic carbocycles. The summed E-state index contributed by atoms with van der Waals surface area (Å²) in [6.45, 7) is 0.865. The van der Waals surface area contributed by atoms with Gasteiger partial charge in [0.1, 0.15) is 0 Å². The Kier molecular flexibility index (Phi) is 6.45. The van der Waals surface area contributed by atoms with Crippen LogP contribution < -0.4 is 0 Å². The number of ketones is 1. The molecule has 6 heteroatoms. The van der Waals surface area contributed by atoms with Crippen molar-refractivity contribution in [1.29, 1.82) is 0 Å². The molecule has 0 bridgehead atoms. The van der Waals surface area contributed by atoms with Gasteiger partial charge in [0.25, 0.3) is 0 Å². The summed E-state index contributed by atoms with van der Waals surface area (Å²) in [5.41, 5.74) is 5.60. The molecule has 0 N–H and O–H groups in total. The molecule has 2 aromatic heterocycles. The van der Waals surface area contributed by atoms with Gasteiger partial charge in [-0.3, -0.25) is 4.79 Å². The quantitative estimate of drug-likeness (QED) is 0.185. The number of benzene rings is 3.